The molecule has 0 aromatic carbocycles. The summed E-state index contributed by atoms with van der Waals surface area (Å²) in [6.07, 6.45) is -4.68. The zero-order chi connectivity index (χ0) is 13.0. The average molecular weight is 264 g/mol. The summed E-state index contributed by atoms with van der Waals surface area (Å²) in [6, 6.07) is 0. The maximum atomic E-state index is 11.8. The van der Waals surface area contributed by atoms with Crippen LogP contribution < -0.4 is 4.72 Å². The van der Waals surface area contributed by atoms with Crippen LogP contribution in [0.1, 0.15) is 6.92 Å². The Morgan fingerprint density at radius 3 is 2.25 bits per heavy atom. The van der Waals surface area contributed by atoms with Gasteiger partial charge in [-0.1, -0.05) is 6.92 Å². The molecule has 0 aromatic heterocycles. The van der Waals surface area contributed by atoms with E-state index in [1.165, 1.54) is 11.6 Å². The van der Waals surface area contributed by atoms with Gasteiger partial charge < -0.3 is 5.11 Å². The Hall–Kier alpha value is -0.870. The van der Waals surface area contributed by atoms with Crippen molar-refractivity contribution in [1.82, 2.24) is 9.03 Å². The summed E-state index contributed by atoms with van der Waals surface area (Å²) >= 11 is 0. The Balaban J connectivity index is 4.56. The van der Waals surface area contributed by atoms with Crippen molar-refractivity contribution in [2.75, 3.05) is 19.6 Å². The monoisotopic (exact) mass is 264 g/mol. The van der Waals surface area contributed by atoms with Crippen LogP contribution in [0.5, 0.6) is 0 Å². The van der Waals surface area contributed by atoms with Crippen molar-refractivity contribution < 1.29 is 31.5 Å². The lowest BCUT2D eigenvalue weighted by molar-refractivity contribution is -0.137. The molecule has 10 heteroatoms. The molecule has 0 saturated carbocycles. The van der Waals surface area contributed by atoms with E-state index in [0.717, 1.165) is 0 Å². The van der Waals surface area contributed by atoms with E-state index in [9.17, 15) is 26.4 Å². The van der Waals surface area contributed by atoms with Crippen LogP contribution in [0.25, 0.3) is 0 Å². The maximum Gasteiger partial charge on any atom is 0.402 e. The van der Waals surface area contributed by atoms with Crippen molar-refractivity contribution in [2.45, 2.75) is 13.1 Å². The van der Waals surface area contributed by atoms with Gasteiger partial charge in [0.2, 0.25) is 0 Å². The number of nitrogens with zero attached hydrogens (tertiary/aromatic N) is 1. The van der Waals surface area contributed by atoms with E-state index in [2.05, 4.69) is 0 Å². The zero-order valence-corrected chi connectivity index (χ0v) is 9.10. The molecule has 0 spiro atoms. The van der Waals surface area contributed by atoms with E-state index in [1.54, 1.807) is 0 Å². The molecule has 96 valence electrons. The van der Waals surface area contributed by atoms with Gasteiger partial charge in [-0.05, 0) is 0 Å². The van der Waals surface area contributed by atoms with Gasteiger partial charge in [-0.15, -0.1) is 0 Å². The fourth-order valence-corrected chi connectivity index (χ4v) is 1.93. The Morgan fingerprint density at radius 1 is 1.44 bits per heavy atom. The van der Waals surface area contributed by atoms with Gasteiger partial charge in [0.25, 0.3) is 10.2 Å². The van der Waals surface area contributed by atoms with Crippen LogP contribution in [0, 0.1) is 0 Å². The van der Waals surface area contributed by atoms with Gasteiger partial charge in [0.1, 0.15) is 13.1 Å². The van der Waals surface area contributed by atoms with E-state index in [4.69, 9.17) is 5.11 Å². The molecular weight excluding hydrogens is 253 g/mol. The number of nitrogens with one attached hydrogen (secondary N) is 1. The summed E-state index contributed by atoms with van der Waals surface area (Å²) in [5, 5.41) is 8.35. The highest BCUT2D eigenvalue weighted by atomic mass is 32.2. The van der Waals surface area contributed by atoms with Gasteiger partial charge in [-0.3, -0.25) is 4.79 Å². The van der Waals surface area contributed by atoms with Crippen LogP contribution in [-0.2, 0) is 15.0 Å². The summed E-state index contributed by atoms with van der Waals surface area (Å²) in [7, 11) is -4.42. The molecule has 0 heterocycles. The van der Waals surface area contributed by atoms with Crippen molar-refractivity contribution >= 4 is 16.2 Å². The van der Waals surface area contributed by atoms with E-state index < -0.39 is 35.4 Å². The summed E-state index contributed by atoms with van der Waals surface area (Å²) in [5.41, 5.74) is 0. The lowest BCUT2D eigenvalue weighted by atomic mass is 10.6. The van der Waals surface area contributed by atoms with Gasteiger partial charge in [0.15, 0.2) is 0 Å². The molecule has 0 atom stereocenters. The van der Waals surface area contributed by atoms with Crippen LogP contribution in [0.15, 0.2) is 0 Å². The second-order valence-electron chi connectivity index (χ2n) is 2.76. The van der Waals surface area contributed by atoms with E-state index >= 15 is 0 Å². The minimum absolute atomic E-state index is 0.237. The number of halogens is 3. The molecule has 0 radical (unpaired) electrons. The number of hydrogen-bond donors (Lipinski definition) is 2. The minimum Gasteiger partial charge on any atom is -0.480 e. The average Bonchev–Trinajstić information content (AvgIpc) is 2.09. The third kappa shape index (κ3) is 5.88. The number of alkyl halides is 3. The SMILES string of the molecule is CCN(CC(=O)O)S(=O)(=O)NCC(F)(F)F. The highest BCUT2D eigenvalue weighted by Gasteiger charge is 2.31. The number of likely N-dealkylation sites (N-methyl/N-ethyl adjacent to an activating group) is 1. The number of carbonyl (C=O) groups is 1. The summed E-state index contributed by atoms with van der Waals surface area (Å²) in [5.74, 6) is -1.45. The maximum absolute atomic E-state index is 11.8. The molecule has 0 aliphatic carbocycles. The normalized spacial score (nSPS) is 13.1. The van der Waals surface area contributed by atoms with E-state index in [0.29, 0.717) is 4.31 Å². The third-order valence-electron chi connectivity index (χ3n) is 1.46. The zero-order valence-electron chi connectivity index (χ0n) is 8.28. The first-order chi connectivity index (χ1) is 7.08. The molecule has 0 aromatic rings. The number of hydrogen-bond acceptors (Lipinski definition) is 3. The second-order valence-corrected chi connectivity index (χ2v) is 4.52. The first-order valence-electron chi connectivity index (χ1n) is 4.11. The van der Waals surface area contributed by atoms with Crippen LogP contribution in [0.2, 0.25) is 0 Å². The van der Waals surface area contributed by atoms with Crippen molar-refractivity contribution in [3.05, 3.63) is 0 Å². The Kier molecular flexibility index (Phi) is 5.16. The molecular formula is C6H11F3N2O4S. The molecule has 0 unspecified atom stereocenters. The van der Waals surface area contributed by atoms with Gasteiger partial charge in [-0.25, -0.2) is 0 Å². The Labute approximate surface area is 90.2 Å². The van der Waals surface area contributed by atoms with Gasteiger partial charge in [0, 0.05) is 6.54 Å². The molecule has 0 aliphatic heterocycles. The third-order valence-corrected chi connectivity index (χ3v) is 3.04. The van der Waals surface area contributed by atoms with Crippen molar-refractivity contribution in [3.63, 3.8) is 0 Å². The highest BCUT2D eigenvalue weighted by Crippen LogP contribution is 2.13. The molecule has 0 saturated heterocycles. The molecule has 0 aliphatic rings. The largest absolute Gasteiger partial charge is 0.480 e. The number of rotatable bonds is 6. The minimum atomic E-state index is -4.68. The molecule has 0 amide bonds. The quantitative estimate of drug-likeness (QED) is 0.695. The van der Waals surface area contributed by atoms with Crippen LogP contribution in [-0.4, -0.2) is 49.6 Å². The predicted molar refractivity (Wildman–Crippen MR) is 47.9 cm³/mol. The van der Waals surface area contributed by atoms with Crippen molar-refractivity contribution in [3.8, 4) is 0 Å². The second kappa shape index (κ2) is 5.46. The first-order valence-corrected chi connectivity index (χ1v) is 5.55. The fraction of sp³-hybridized carbons (Fsp3) is 0.833. The smallest absolute Gasteiger partial charge is 0.402 e. The summed E-state index contributed by atoms with van der Waals surface area (Å²) < 4.78 is 59.3. The highest BCUT2D eigenvalue weighted by molar-refractivity contribution is 7.87. The lowest BCUT2D eigenvalue weighted by Crippen LogP contribution is -2.46. The summed E-state index contributed by atoms with van der Waals surface area (Å²) in [6.45, 7) is -1.54. The van der Waals surface area contributed by atoms with Crippen LogP contribution >= 0.6 is 0 Å². The van der Waals surface area contributed by atoms with Gasteiger partial charge in [0.05, 0.1) is 0 Å². The predicted octanol–water partition coefficient (Wildman–Crippen LogP) is -0.210. The number of aliphatic carboxylic acids is 1. The number of carboxylic acid groups (broad SMARTS) is 1. The molecule has 0 fully saturated rings. The number of carboxylic acids is 1. The molecule has 0 rings (SSSR count). The van der Waals surface area contributed by atoms with Crippen LogP contribution in [0.4, 0.5) is 13.2 Å². The lowest BCUT2D eigenvalue weighted by Gasteiger charge is -2.19. The topological polar surface area (TPSA) is 86.7 Å². The van der Waals surface area contributed by atoms with Crippen molar-refractivity contribution in [1.29, 1.82) is 0 Å². The molecule has 2 N–H and O–H groups in total. The van der Waals surface area contributed by atoms with E-state index in [1.807, 2.05) is 0 Å². The van der Waals surface area contributed by atoms with Crippen LogP contribution in [0.3, 0.4) is 0 Å². The summed E-state index contributed by atoms with van der Waals surface area (Å²) in [4.78, 5) is 10.3. The van der Waals surface area contributed by atoms with Crippen molar-refractivity contribution in [2.24, 2.45) is 0 Å². The van der Waals surface area contributed by atoms with E-state index in [-0.39, 0.29) is 6.54 Å². The first kappa shape index (κ1) is 15.1. The standard InChI is InChI=1S/C6H11F3N2O4S/c1-2-11(3-5(12)13)16(14,15)10-4-6(7,8)9/h10H,2-4H2,1H3,(H,12,13). The Morgan fingerprint density at radius 2 is 1.94 bits per heavy atom. The molecule has 16 heavy (non-hydrogen) atoms. The Bertz CT molecular complexity index is 340. The van der Waals surface area contributed by atoms with Gasteiger partial charge >= 0.3 is 12.1 Å². The molecule has 6 nitrogen and oxygen atoms in total. The van der Waals surface area contributed by atoms with Gasteiger partial charge in [-0.2, -0.15) is 30.6 Å². The molecule has 0 bridgehead atoms. The fourth-order valence-electron chi connectivity index (χ4n) is 0.782.